The van der Waals surface area contributed by atoms with Gasteiger partial charge in [0, 0.05) is 24.7 Å². The molecule has 1 amide bonds. The second-order valence-corrected chi connectivity index (χ2v) is 9.12. The molecule has 0 bridgehead atoms. The summed E-state index contributed by atoms with van der Waals surface area (Å²) in [6, 6.07) is 8.20. The normalized spacial score (nSPS) is 11.7. The number of rotatable bonds is 6. The van der Waals surface area contributed by atoms with Gasteiger partial charge in [0.05, 0.1) is 9.77 Å². The first-order valence-corrected chi connectivity index (χ1v) is 9.94. The van der Waals surface area contributed by atoms with Gasteiger partial charge < -0.3 is 5.32 Å². The maximum absolute atomic E-state index is 12.4. The zero-order valence-electron chi connectivity index (χ0n) is 14.3. The van der Waals surface area contributed by atoms with Gasteiger partial charge in [-0.25, -0.2) is 12.7 Å². The molecule has 2 rings (SSSR count). The number of aryl methyl sites for hydroxylation is 2. The SMILES string of the molecule is CCCc1cc(C(=O)Nc2cccc(S(=O)(=O)N(C)C)c2)sc1C. The maximum Gasteiger partial charge on any atom is 0.265 e. The van der Waals surface area contributed by atoms with Gasteiger partial charge in [-0.3, -0.25) is 4.79 Å². The number of nitrogens with zero attached hydrogens (tertiary/aromatic N) is 1. The van der Waals surface area contributed by atoms with Crippen LogP contribution in [-0.2, 0) is 16.4 Å². The van der Waals surface area contributed by atoms with E-state index in [9.17, 15) is 13.2 Å². The number of sulfonamides is 1. The molecule has 0 aliphatic carbocycles. The maximum atomic E-state index is 12.4. The minimum Gasteiger partial charge on any atom is -0.321 e. The van der Waals surface area contributed by atoms with Crippen LogP contribution in [0.25, 0.3) is 0 Å². The van der Waals surface area contributed by atoms with Crippen LogP contribution in [0.4, 0.5) is 5.69 Å². The third-order valence-electron chi connectivity index (χ3n) is 3.63. The molecule has 24 heavy (non-hydrogen) atoms. The number of hydrogen-bond acceptors (Lipinski definition) is 4. The number of carbonyl (C=O) groups excluding carboxylic acids is 1. The Bertz CT molecular complexity index is 839. The Morgan fingerprint density at radius 2 is 1.96 bits per heavy atom. The first-order chi connectivity index (χ1) is 11.3. The van der Waals surface area contributed by atoms with Gasteiger partial charge in [0.2, 0.25) is 10.0 Å². The summed E-state index contributed by atoms with van der Waals surface area (Å²) >= 11 is 1.46. The van der Waals surface area contributed by atoms with E-state index in [-0.39, 0.29) is 10.8 Å². The van der Waals surface area contributed by atoms with Crippen molar-refractivity contribution in [2.75, 3.05) is 19.4 Å². The van der Waals surface area contributed by atoms with Gasteiger partial charge >= 0.3 is 0 Å². The van der Waals surface area contributed by atoms with Crippen molar-refractivity contribution in [2.45, 2.75) is 31.6 Å². The fourth-order valence-electron chi connectivity index (χ4n) is 2.29. The monoisotopic (exact) mass is 366 g/mol. The van der Waals surface area contributed by atoms with Crippen molar-refractivity contribution in [3.05, 3.63) is 45.6 Å². The van der Waals surface area contributed by atoms with Crippen LogP contribution in [0.15, 0.2) is 35.2 Å². The third kappa shape index (κ3) is 4.03. The van der Waals surface area contributed by atoms with E-state index in [0.29, 0.717) is 10.6 Å². The molecule has 0 aliphatic heterocycles. The molecule has 0 aliphatic rings. The van der Waals surface area contributed by atoms with Gasteiger partial charge in [0.15, 0.2) is 0 Å². The first kappa shape index (κ1) is 18.6. The van der Waals surface area contributed by atoms with E-state index in [1.165, 1.54) is 43.1 Å². The summed E-state index contributed by atoms with van der Waals surface area (Å²) < 4.78 is 25.5. The molecule has 0 saturated carbocycles. The van der Waals surface area contributed by atoms with Crippen LogP contribution in [-0.4, -0.2) is 32.7 Å². The molecule has 0 saturated heterocycles. The van der Waals surface area contributed by atoms with Crippen LogP contribution in [0.3, 0.4) is 0 Å². The largest absolute Gasteiger partial charge is 0.321 e. The second kappa shape index (κ2) is 7.46. The van der Waals surface area contributed by atoms with E-state index < -0.39 is 10.0 Å². The Labute approximate surface area is 147 Å². The molecular formula is C17H22N2O3S2. The molecule has 0 atom stereocenters. The van der Waals surface area contributed by atoms with Crippen LogP contribution in [0, 0.1) is 6.92 Å². The Hall–Kier alpha value is -1.70. The van der Waals surface area contributed by atoms with Gasteiger partial charge in [-0.15, -0.1) is 11.3 Å². The Morgan fingerprint density at radius 3 is 2.58 bits per heavy atom. The predicted molar refractivity (Wildman–Crippen MR) is 98.3 cm³/mol. The number of carbonyl (C=O) groups is 1. The van der Waals surface area contributed by atoms with E-state index in [1.54, 1.807) is 12.1 Å². The van der Waals surface area contributed by atoms with E-state index in [1.807, 2.05) is 13.0 Å². The van der Waals surface area contributed by atoms with Gasteiger partial charge in [-0.1, -0.05) is 19.4 Å². The smallest absolute Gasteiger partial charge is 0.265 e. The average molecular weight is 367 g/mol. The lowest BCUT2D eigenvalue weighted by atomic mass is 10.1. The molecule has 130 valence electrons. The second-order valence-electron chi connectivity index (χ2n) is 5.71. The summed E-state index contributed by atoms with van der Waals surface area (Å²) in [7, 11) is -0.572. The zero-order chi connectivity index (χ0) is 17.9. The minimum absolute atomic E-state index is 0.152. The molecule has 7 heteroatoms. The Morgan fingerprint density at radius 1 is 1.25 bits per heavy atom. The van der Waals surface area contributed by atoms with Gasteiger partial charge in [0.1, 0.15) is 0 Å². The Kier molecular flexibility index (Phi) is 5.79. The number of thiophene rings is 1. The summed E-state index contributed by atoms with van der Waals surface area (Å²) in [5.41, 5.74) is 1.66. The zero-order valence-corrected chi connectivity index (χ0v) is 15.9. The van der Waals surface area contributed by atoms with Gasteiger partial charge in [-0.2, -0.15) is 0 Å². The van der Waals surface area contributed by atoms with Crippen molar-refractivity contribution < 1.29 is 13.2 Å². The molecule has 1 aromatic carbocycles. The molecule has 2 aromatic rings. The van der Waals surface area contributed by atoms with E-state index in [4.69, 9.17) is 0 Å². The lowest BCUT2D eigenvalue weighted by Gasteiger charge is -2.12. The highest BCUT2D eigenvalue weighted by atomic mass is 32.2. The topological polar surface area (TPSA) is 66.5 Å². The van der Waals surface area contributed by atoms with E-state index >= 15 is 0 Å². The molecule has 1 aromatic heterocycles. The van der Waals surface area contributed by atoms with Crippen molar-refractivity contribution in [3.8, 4) is 0 Å². The highest BCUT2D eigenvalue weighted by Gasteiger charge is 2.18. The Balaban J connectivity index is 2.22. The standard InChI is InChI=1S/C17H22N2O3S2/c1-5-7-13-10-16(23-12(13)2)17(20)18-14-8-6-9-15(11-14)24(21,22)19(3)4/h6,8-11H,5,7H2,1-4H3,(H,18,20). The van der Waals surface area contributed by atoms with E-state index in [0.717, 1.165) is 22.0 Å². The van der Waals surface area contributed by atoms with Gasteiger partial charge in [0.25, 0.3) is 5.91 Å². The molecule has 0 radical (unpaired) electrons. The lowest BCUT2D eigenvalue weighted by Crippen LogP contribution is -2.22. The summed E-state index contributed by atoms with van der Waals surface area (Å²) in [6.07, 6.45) is 1.98. The number of nitrogens with one attached hydrogen (secondary N) is 1. The third-order valence-corrected chi connectivity index (χ3v) is 6.54. The molecule has 0 spiro atoms. The van der Waals surface area contributed by atoms with Gasteiger partial charge in [-0.05, 0) is 43.2 Å². The molecular weight excluding hydrogens is 344 g/mol. The summed E-state index contributed by atoms with van der Waals surface area (Å²) in [6.45, 7) is 4.12. The van der Waals surface area contributed by atoms with Crippen molar-refractivity contribution in [1.82, 2.24) is 4.31 Å². The molecule has 5 nitrogen and oxygen atoms in total. The van der Waals surface area contributed by atoms with Crippen LogP contribution >= 0.6 is 11.3 Å². The minimum atomic E-state index is -3.53. The lowest BCUT2D eigenvalue weighted by molar-refractivity contribution is 0.103. The highest BCUT2D eigenvalue weighted by Crippen LogP contribution is 2.24. The average Bonchev–Trinajstić information content (AvgIpc) is 2.89. The number of amides is 1. The summed E-state index contributed by atoms with van der Waals surface area (Å²) in [5.74, 6) is -0.218. The summed E-state index contributed by atoms with van der Waals surface area (Å²) in [4.78, 5) is 14.4. The van der Waals surface area contributed by atoms with Crippen LogP contribution in [0.5, 0.6) is 0 Å². The van der Waals surface area contributed by atoms with Crippen LogP contribution in [0.1, 0.15) is 33.5 Å². The quantitative estimate of drug-likeness (QED) is 0.851. The molecule has 0 fully saturated rings. The fourth-order valence-corrected chi connectivity index (χ4v) is 4.20. The van der Waals surface area contributed by atoms with E-state index in [2.05, 4.69) is 12.2 Å². The molecule has 0 unspecified atom stereocenters. The fraction of sp³-hybridized carbons (Fsp3) is 0.353. The van der Waals surface area contributed by atoms with Crippen molar-refractivity contribution in [3.63, 3.8) is 0 Å². The van der Waals surface area contributed by atoms with Crippen LogP contribution in [0.2, 0.25) is 0 Å². The molecule has 1 N–H and O–H groups in total. The molecule has 1 heterocycles. The van der Waals surface area contributed by atoms with Crippen molar-refractivity contribution >= 4 is 33.0 Å². The first-order valence-electron chi connectivity index (χ1n) is 7.69. The highest BCUT2D eigenvalue weighted by molar-refractivity contribution is 7.89. The van der Waals surface area contributed by atoms with Crippen molar-refractivity contribution in [1.29, 1.82) is 0 Å². The number of benzene rings is 1. The van der Waals surface area contributed by atoms with Crippen molar-refractivity contribution in [2.24, 2.45) is 0 Å². The predicted octanol–water partition coefficient (Wildman–Crippen LogP) is 3.51. The number of anilines is 1. The summed E-state index contributed by atoms with van der Waals surface area (Å²) in [5, 5.41) is 2.78. The van der Waals surface area contributed by atoms with Crippen LogP contribution < -0.4 is 5.32 Å². The number of hydrogen-bond donors (Lipinski definition) is 1.